The monoisotopic (exact) mass is 219 g/mol. The second-order valence-corrected chi connectivity index (χ2v) is 2.98. The van der Waals surface area contributed by atoms with Gasteiger partial charge in [0.15, 0.2) is 5.78 Å². The average molecular weight is 219 g/mol. The topological polar surface area (TPSA) is 87.4 Å². The minimum atomic E-state index is -0.732. The highest BCUT2D eigenvalue weighted by Crippen LogP contribution is 2.20. The number of carbonyl (C=O) groups is 2. The quantitative estimate of drug-likeness (QED) is 0.611. The Hall–Kier alpha value is -2.35. The minimum absolute atomic E-state index is 0.0914. The average Bonchev–Trinajstić information content (AvgIpc) is 2.29. The number of aromatic hydroxyl groups is 1. The molecule has 0 heterocycles. The van der Waals surface area contributed by atoms with E-state index in [1.807, 2.05) is 0 Å². The Bertz CT molecular complexity index is 473. The Morgan fingerprint density at radius 3 is 2.75 bits per heavy atom. The number of rotatable bonds is 3. The van der Waals surface area contributed by atoms with Crippen LogP contribution in [0.15, 0.2) is 18.2 Å². The van der Waals surface area contributed by atoms with Gasteiger partial charge >= 0.3 is 5.97 Å². The summed E-state index contributed by atoms with van der Waals surface area (Å²) < 4.78 is 4.44. The predicted molar refractivity (Wildman–Crippen MR) is 54.0 cm³/mol. The van der Waals surface area contributed by atoms with Gasteiger partial charge in [-0.25, -0.2) is 4.79 Å². The number of phenols is 1. The second-order valence-electron chi connectivity index (χ2n) is 2.98. The van der Waals surface area contributed by atoms with Crippen molar-refractivity contribution < 1.29 is 19.4 Å². The summed E-state index contributed by atoms with van der Waals surface area (Å²) in [6.07, 6.45) is -0.272. The number of benzene rings is 1. The summed E-state index contributed by atoms with van der Waals surface area (Å²) in [4.78, 5) is 22.6. The predicted octanol–water partition coefficient (Wildman–Crippen LogP) is 1.28. The van der Waals surface area contributed by atoms with Gasteiger partial charge in [0, 0.05) is 5.56 Å². The molecule has 0 radical (unpaired) electrons. The molecule has 0 aliphatic heterocycles. The van der Waals surface area contributed by atoms with E-state index in [2.05, 4.69) is 4.74 Å². The van der Waals surface area contributed by atoms with Crippen molar-refractivity contribution in [1.82, 2.24) is 0 Å². The molecule has 0 atom stereocenters. The summed E-state index contributed by atoms with van der Waals surface area (Å²) in [6, 6.07) is 5.49. The van der Waals surface area contributed by atoms with Crippen LogP contribution in [-0.4, -0.2) is 24.0 Å². The number of esters is 1. The van der Waals surface area contributed by atoms with Crippen LogP contribution in [0, 0.1) is 11.3 Å². The molecule has 0 aromatic heterocycles. The number of nitrogens with zero attached hydrogens (tertiary/aromatic N) is 1. The summed E-state index contributed by atoms with van der Waals surface area (Å²) in [5, 5.41) is 17.7. The summed E-state index contributed by atoms with van der Waals surface area (Å²) in [5.41, 5.74) is 0.103. The highest BCUT2D eigenvalue weighted by Gasteiger charge is 2.14. The number of hydrogen-bond donors (Lipinski definition) is 1. The Morgan fingerprint density at radius 1 is 1.50 bits per heavy atom. The zero-order valence-corrected chi connectivity index (χ0v) is 8.56. The van der Waals surface area contributed by atoms with Gasteiger partial charge in [0.05, 0.1) is 19.6 Å². The number of Topliss-reactive ketones (excluding diaryl/α,β-unsaturated/α-hetero) is 1. The first-order valence-corrected chi connectivity index (χ1v) is 4.41. The molecule has 0 bridgehead atoms. The number of methoxy groups -OCH3 is 1. The molecular weight excluding hydrogens is 210 g/mol. The number of carbonyl (C=O) groups excluding carboxylic acids is 2. The first-order valence-electron chi connectivity index (χ1n) is 4.41. The van der Waals surface area contributed by atoms with Crippen LogP contribution in [0.25, 0.3) is 0 Å². The van der Waals surface area contributed by atoms with E-state index in [9.17, 15) is 14.7 Å². The standard InChI is InChI=1S/C11H9NO4/c1-16-11(15)8-6-7(2-3-10(8)14)9(13)4-5-12/h2-3,6,14H,4H2,1H3. The van der Waals surface area contributed by atoms with E-state index in [4.69, 9.17) is 5.26 Å². The van der Waals surface area contributed by atoms with Crippen LogP contribution < -0.4 is 0 Å². The van der Waals surface area contributed by atoms with Crippen LogP contribution in [0.1, 0.15) is 27.1 Å². The highest BCUT2D eigenvalue weighted by molar-refractivity contribution is 6.01. The first kappa shape index (κ1) is 11.7. The molecule has 0 saturated heterocycles. The maximum atomic E-state index is 11.4. The van der Waals surface area contributed by atoms with Crippen molar-refractivity contribution in [2.24, 2.45) is 0 Å². The van der Waals surface area contributed by atoms with Crippen molar-refractivity contribution in [2.75, 3.05) is 7.11 Å². The molecule has 1 aromatic rings. The molecule has 5 heteroatoms. The lowest BCUT2D eigenvalue weighted by Gasteiger charge is -2.04. The second kappa shape index (κ2) is 4.94. The Morgan fingerprint density at radius 2 is 2.19 bits per heavy atom. The van der Waals surface area contributed by atoms with E-state index >= 15 is 0 Å². The molecule has 0 aliphatic carbocycles. The van der Waals surface area contributed by atoms with Crippen LogP contribution in [0.3, 0.4) is 0 Å². The first-order chi connectivity index (χ1) is 7.60. The normalized spacial score (nSPS) is 9.25. The zero-order valence-electron chi connectivity index (χ0n) is 8.56. The van der Waals surface area contributed by atoms with E-state index in [1.165, 1.54) is 25.3 Å². The molecule has 0 amide bonds. The van der Waals surface area contributed by atoms with Crippen molar-refractivity contribution in [1.29, 1.82) is 5.26 Å². The molecular formula is C11H9NO4. The Balaban J connectivity index is 3.13. The fourth-order valence-corrected chi connectivity index (χ4v) is 1.16. The van der Waals surface area contributed by atoms with Crippen LogP contribution in [0.5, 0.6) is 5.75 Å². The molecule has 0 saturated carbocycles. The van der Waals surface area contributed by atoms with Crippen LogP contribution in [-0.2, 0) is 4.74 Å². The van der Waals surface area contributed by atoms with Gasteiger partial charge in [0.2, 0.25) is 0 Å². The van der Waals surface area contributed by atoms with Gasteiger partial charge in [-0.15, -0.1) is 0 Å². The van der Waals surface area contributed by atoms with Crippen LogP contribution in [0.2, 0.25) is 0 Å². The summed E-state index contributed by atoms with van der Waals surface area (Å²) in [7, 11) is 1.17. The van der Waals surface area contributed by atoms with E-state index in [-0.39, 0.29) is 23.3 Å². The molecule has 82 valence electrons. The molecule has 16 heavy (non-hydrogen) atoms. The highest BCUT2D eigenvalue weighted by atomic mass is 16.5. The lowest BCUT2D eigenvalue weighted by atomic mass is 10.0. The fourth-order valence-electron chi connectivity index (χ4n) is 1.16. The number of ether oxygens (including phenoxy) is 1. The number of ketones is 1. The summed E-state index contributed by atoms with van der Waals surface area (Å²) >= 11 is 0. The number of hydrogen-bond acceptors (Lipinski definition) is 5. The van der Waals surface area contributed by atoms with E-state index in [0.717, 1.165) is 0 Å². The Labute approximate surface area is 91.9 Å². The lowest BCUT2D eigenvalue weighted by Crippen LogP contribution is -2.05. The van der Waals surface area contributed by atoms with Crippen molar-refractivity contribution in [3.8, 4) is 11.8 Å². The smallest absolute Gasteiger partial charge is 0.341 e. The molecule has 1 aromatic carbocycles. The number of phenolic OH excluding ortho intramolecular Hbond substituents is 1. The molecule has 0 fully saturated rings. The van der Waals surface area contributed by atoms with Gasteiger partial charge in [-0.3, -0.25) is 4.79 Å². The van der Waals surface area contributed by atoms with Crippen LogP contribution >= 0.6 is 0 Å². The van der Waals surface area contributed by atoms with Crippen molar-refractivity contribution in [3.63, 3.8) is 0 Å². The molecule has 5 nitrogen and oxygen atoms in total. The van der Waals surface area contributed by atoms with Gasteiger partial charge in [-0.05, 0) is 18.2 Å². The largest absolute Gasteiger partial charge is 0.507 e. The molecule has 0 unspecified atom stereocenters. The van der Waals surface area contributed by atoms with Gasteiger partial charge < -0.3 is 9.84 Å². The zero-order chi connectivity index (χ0) is 12.1. The van der Waals surface area contributed by atoms with E-state index in [0.29, 0.717) is 0 Å². The SMILES string of the molecule is COC(=O)c1cc(C(=O)CC#N)ccc1O. The fraction of sp³-hybridized carbons (Fsp3) is 0.182. The van der Waals surface area contributed by atoms with Crippen molar-refractivity contribution in [2.45, 2.75) is 6.42 Å². The molecule has 0 spiro atoms. The van der Waals surface area contributed by atoms with Crippen LogP contribution in [0.4, 0.5) is 0 Å². The van der Waals surface area contributed by atoms with E-state index < -0.39 is 11.8 Å². The van der Waals surface area contributed by atoms with Gasteiger partial charge in [-0.1, -0.05) is 0 Å². The third kappa shape index (κ3) is 2.36. The maximum Gasteiger partial charge on any atom is 0.341 e. The van der Waals surface area contributed by atoms with Gasteiger partial charge in [-0.2, -0.15) is 5.26 Å². The minimum Gasteiger partial charge on any atom is -0.507 e. The lowest BCUT2D eigenvalue weighted by molar-refractivity contribution is 0.0597. The molecule has 0 aliphatic rings. The maximum absolute atomic E-state index is 11.4. The Kier molecular flexibility index (Phi) is 3.62. The van der Waals surface area contributed by atoms with Crippen molar-refractivity contribution >= 4 is 11.8 Å². The summed E-state index contributed by atoms with van der Waals surface area (Å²) in [5.74, 6) is -1.41. The van der Waals surface area contributed by atoms with E-state index in [1.54, 1.807) is 6.07 Å². The number of nitriles is 1. The molecule has 1 rings (SSSR count). The molecule has 1 N–H and O–H groups in total. The van der Waals surface area contributed by atoms with Gasteiger partial charge in [0.25, 0.3) is 0 Å². The van der Waals surface area contributed by atoms with Gasteiger partial charge in [0.1, 0.15) is 11.3 Å². The third-order valence-corrected chi connectivity index (χ3v) is 1.96. The third-order valence-electron chi connectivity index (χ3n) is 1.96. The van der Waals surface area contributed by atoms with Crippen molar-refractivity contribution in [3.05, 3.63) is 29.3 Å². The summed E-state index contributed by atoms with van der Waals surface area (Å²) in [6.45, 7) is 0.